The van der Waals surface area contributed by atoms with Gasteiger partial charge < -0.3 is 15.8 Å². The number of hydrogen-bond acceptors (Lipinski definition) is 5. The largest absolute Gasteiger partial charge is 0.399 e. The number of aromatic nitrogens is 4. The van der Waals surface area contributed by atoms with Gasteiger partial charge in [-0.1, -0.05) is 6.07 Å². The van der Waals surface area contributed by atoms with E-state index in [9.17, 15) is 0 Å². The highest BCUT2D eigenvalue weighted by Gasteiger charge is 2.18. The van der Waals surface area contributed by atoms with E-state index in [4.69, 9.17) is 10.5 Å². The Hall–Kier alpha value is -3.32. The van der Waals surface area contributed by atoms with Crippen molar-refractivity contribution >= 4 is 28.1 Å². The van der Waals surface area contributed by atoms with E-state index >= 15 is 0 Å². The van der Waals surface area contributed by atoms with Gasteiger partial charge in [-0.3, -0.25) is 0 Å². The monoisotopic (exact) mass is 374 g/mol. The van der Waals surface area contributed by atoms with E-state index in [1.165, 1.54) is 6.42 Å². The third-order valence-corrected chi connectivity index (χ3v) is 5.02. The molecule has 1 aliphatic rings. The van der Waals surface area contributed by atoms with Crippen molar-refractivity contribution in [2.24, 2.45) is 0 Å². The quantitative estimate of drug-likeness (QED) is 0.522. The molecule has 4 aromatic rings. The summed E-state index contributed by atoms with van der Waals surface area (Å²) in [5.74, 6) is 0.768. The highest BCUT2D eigenvalue weighted by Crippen LogP contribution is 2.28. The van der Waals surface area contributed by atoms with Crippen LogP contribution in [0.25, 0.3) is 16.6 Å². The zero-order valence-electron chi connectivity index (χ0n) is 15.5. The first kappa shape index (κ1) is 16.8. The molecule has 0 aliphatic carbocycles. The van der Waals surface area contributed by atoms with Crippen molar-refractivity contribution in [2.75, 3.05) is 17.7 Å². The molecule has 7 heteroatoms. The maximum atomic E-state index is 5.87. The molecule has 3 N–H and O–H groups in total. The van der Waals surface area contributed by atoms with E-state index in [0.717, 1.165) is 47.5 Å². The minimum atomic E-state index is 0.0408. The molecule has 1 unspecified atom stereocenters. The van der Waals surface area contributed by atoms with Crippen LogP contribution in [0.3, 0.4) is 0 Å². The molecular weight excluding hydrogens is 352 g/mol. The fraction of sp³-hybridized carbons (Fsp3) is 0.238. The summed E-state index contributed by atoms with van der Waals surface area (Å²) in [7, 11) is 0. The zero-order chi connectivity index (χ0) is 18.9. The molecule has 142 valence electrons. The molecule has 1 fully saturated rings. The lowest BCUT2D eigenvalue weighted by atomic mass is 10.2. The Kier molecular flexibility index (Phi) is 4.21. The average Bonchev–Trinajstić information content (AvgIpc) is 3.35. The SMILES string of the molecule is Nc1cccc(-n2ccc(Nc3ccc4c(cnn4C4CCCCO4)c3)n2)c1. The van der Waals surface area contributed by atoms with Gasteiger partial charge in [0.2, 0.25) is 0 Å². The van der Waals surface area contributed by atoms with Crippen LogP contribution in [-0.2, 0) is 4.74 Å². The first-order valence-electron chi connectivity index (χ1n) is 9.54. The van der Waals surface area contributed by atoms with Gasteiger partial charge in [0, 0.05) is 35.6 Å². The molecule has 2 aromatic carbocycles. The predicted molar refractivity (Wildman–Crippen MR) is 110 cm³/mol. The highest BCUT2D eigenvalue weighted by molar-refractivity contribution is 5.83. The molecule has 5 rings (SSSR count). The first-order valence-corrected chi connectivity index (χ1v) is 9.54. The minimum Gasteiger partial charge on any atom is -0.399 e. The number of nitrogens with zero attached hydrogens (tertiary/aromatic N) is 4. The van der Waals surface area contributed by atoms with Crippen molar-refractivity contribution in [3.8, 4) is 5.69 Å². The third-order valence-electron chi connectivity index (χ3n) is 5.02. The van der Waals surface area contributed by atoms with Crippen LogP contribution in [0.1, 0.15) is 25.5 Å². The van der Waals surface area contributed by atoms with Gasteiger partial charge in [-0.2, -0.15) is 10.2 Å². The number of benzene rings is 2. The lowest BCUT2D eigenvalue weighted by Crippen LogP contribution is -2.18. The number of nitrogen functional groups attached to an aromatic ring is 1. The van der Waals surface area contributed by atoms with Gasteiger partial charge in [0.1, 0.15) is 0 Å². The molecule has 2 aromatic heterocycles. The summed E-state index contributed by atoms with van der Waals surface area (Å²) in [5.41, 5.74) is 9.56. The van der Waals surface area contributed by atoms with Gasteiger partial charge in [-0.05, 0) is 55.7 Å². The van der Waals surface area contributed by atoms with Crippen LogP contribution in [0.4, 0.5) is 17.2 Å². The summed E-state index contributed by atoms with van der Waals surface area (Å²) in [5, 5.41) is 13.6. The molecule has 1 aliphatic heterocycles. The molecule has 1 atom stereocenters. The van der Waals surface area contributed by atoms with Gasteiger partial charge in [0.15, 0.2) is 12.0 Å². The molecule has 0 amide bonds. The van der Waals surface area contributed by atoms with Crippen molar-refractivity contribution in [3.63, 3.8) is 0 Å². The number of nitrogens with two attached hydrogens (primary N) is 1. The van der Waals surface area contributed by atoms with Crippen LogP contribution >= 0.6 is 0 Å². The molecule has 0 spiro atoms. The van der Waals surface area contributed by atoms with Crippen molar-refractivity contribution in [1.82, 2.24) is 19.6 Å². The van der Waals surface area contributed by atoms with Gasteiger partial charge in [0.05, 0.1) is 17.4 Å². The number of hydrogen-bond donors (Lipinski definition) is 2. The van der Waals surface area contributed by atoms with Gasteiger partial charge in [-0.15, -0.1) is 0 Å². The Balaban J connectivity index is 1.37. The minimum absolute atomic E-state index is 0.0408. The number of rotatable bonds is 4. The van der Waals surface area contributed by atoms with Crippen LogP contribution in [0, 0.1) is 0 Å². The van der Waals surface area contributed by atoms with Crippen molar-refractivity contribution in [2.45, 2.75) is 25.5 Å². The molecular formula is C21H22N6O. The Morgan fingerprint density at radius 1 is 1.11 bits per heavy atom. The van der Waals surface area contributed by atoms with E-state index in [0.29, 0.717) is 5.69 Å². The molecule has 28 heavy (non-hydrogen) atoms. The highest BCUT2D eigenvalue weighted by atomic mass is 16.5. The summed E-state index contributed by atoms with van der Waals surface area (Å²) in [6.07, 6.45) is 7.17. The molecule has 1 saturated heterocycles. The van der Waals surface area contributed by atoms with Gasteiger partial charge in [-0.25, -0.2) is 9.36 Å². The van der Waals surface area contributed by atoms with Crippen LogP contribution in [0.5, 0.6) is 0 Å². The number of anilines is 3. The summed E-state index contributed by atoms with van der Waals surface area (Å²) in [4.78, 5) is 0. The Labute approximate surface area is 162 Å². The Morgan fingerprint density at radius 3 is 2.93 bits per heavy atom. The third kappa shape index (κ3) is 3.20. The smallest absolute Gasteiger partial charge is 0.152 e. The van der Waals surface area contributed by atoms with Crippen LogP contribution in [0.15, 0.2) is 60.9 Å². The number of fused-ring (bicyclic) bond motifs is 1. The molecule has 3 heterocycles. The van der Waals surface area contributed by atoms with E-state index in [-0.39, 0.29) is 6.23 Å². The summed E-state index contributed by atoms with van der Waals surface area (Å²) in [6.45, 7) is 0.807. The molecule has 0 radical (unpaired) electrons. The Morgan fingerprint density at radius 2 is 2.07 bits per heavy atom. The van der Waals surface area contributed by atoms with Gasteiger partial charge in [0.25, 0.3) is 0 Å². The summed E-state index contributed by atoms with van der Waals surface area (Å²) >= 11 is 0. The van der Waals surface area contributed by atoms with Crippen LogP contribution < -0.4 is 11.1 Å². The van der Waals surface area contributed by atoms with Crippen LogP contribution in [0.2, 0.25) is 0 Å². The fourth-order valence-electron chi connectivity index (χ4n) is 3.63. The summed E-state index contributed by atoms with van der Waals surface area (Å²) in [6, 6.07) is 15.8. The van der Waals surface area contributed by atoms with E-state index in [1.54, 1.807) is 4.68 Å². The topological polar surface area (TPSA) is 82.9 Å². The van der Waals surface area contributed by atoms with Gasteiger partial charge >= 0.3 is 0 Å². The lowest BCUT2D eigenvalue weighted by Gasteiger charge is -2.23. The van der Waals surface area contributed by atoms with Crippen LogP contribution in [-0.4, -0.2) is 26.2 Å². The van der Waals surface area contributed by atoms with E-state index < -0.39 is 0 Å². The zero-order valence-corrected chi connectivity index (χ0v) is 15.5. The normalized spacial score (nSPS) is 17.1. The van der Waals surface area contributed by atoms with Crippen molar-refractivity contribution in [3.05, 3.63) is 60.9 Å². The maximum Gasteiger partial charge on any atom is 0.152 e. The molecule has 0 bridgehead atoms. The van der Waals surface area contributed by atoms with Crippen molar-refractivity contribution in [1.29, 1.82) is 0 Å². The molecule has 0 saturated carbocycles. The maximum absolute atomic E-state index is 5.87. The number of ether oxygens (including phenoxy) is 1. The lowest BCUT2D eigenvalue weighted by molar-refractivity contribution is -0.0366. The second-order valence-electron chi connectivity index (χ2n) is 7.05. The predicted octanol–water partition coefficient (Wildman–Crippen LogP) is 4.25. The fourth-order valence-corrected chi connectivity index (χ4v) is 3.63. The molecule has 7 nitrogen and oxygen atoms in total. The Bertz CT molecular complexity index is 1110. The van der Waals surface area contributed by atoms with E-state index in [1.807, 2.05) is 53.5 Å². The average molecular weight is 374 g/mol. The number of nitrogens with one attached hydrogen (secondary N) is 1. The summed E-state index contributed by atoms with van der Waals surface area (Å²) < 4.78 is 9.67. The van der Waals surface area contributed by atoms with Crippen molar-refractivity contribution < 1.29 is 4.74 Å². The standard InChI is InChI=1S/C21H22N6O/c22-16-4-3-5-18(13-16)26-10-9-20(25-26)24-17-7-8-19-15(12-17)14-23-27(19)21-6-1-2-11-28-21/h3-5,7-10,12-14,21H,1-2,6,11,22H2,(H,24,25). The second-order valence-corrected chi connectivity index (χ2v) is 7.05. The first-order chi connectivity index (χ1) is 13.8. The van der Waals surface area contributed by atoms with E-state index in [2.05, 4.69) is 27.6 Å². The second kappa shape index (κ2) is 7.01.